The van der Waals surface area contributed by atoms with Crippen LogP contribution >= 0.6 is 0 Å². The first-order valence-corrected chi connectivity index (χ1v) is 10.4. The molecule has 1 aliphatic rings. The number of nitriles is 1. The van der Waals surface area contributed by atoms with E-state index >= 15 is 0 Å². The lowest BCUT2D eigenvalue weighted by Crippen LogP contribution is -2.43. The normalized spacial score (nSPS) is 16.6. The maximum absolute atomic E-state index is 12.9. The van der Waals surface area contributed by atoms with Crippen LogP contribution in [0.15, 0.2) is 53.4 Å². The summed E-state index contributed by atoms with van der Waals surface area (Å²) >= 11 is 0. The van der Waals surface area contributed by atoms with Gasteiger partial charge in [-0.1, -0.05) is 35.9 Å². The highest BCUT2D eigenvalue weighted by Crippen LogP contribution is 2.20. The lowest BCUT2D eigenvalue weighted by atomic mass is 10.1. The number of rotatable bonds is 6. The SMILES string of the molecule is Cc1ccc(C(CN2CCOCC2)NS(=O)(=O)c2cccc(C#N)c2)cc1. The molecule has 1 atom stereocenters. The van der Waals surface area contributed by atoms with Crippen molar-refractivity contribution < 1.29 is 13.2 Å². The third kappa shape index (κ3) is 5.15. The first kappa shape index (κ1) is 19.5. The molecule has 7 heteroatoms. The molecule has 1 N–H and O–H groups in total. The summed E-state index contributed by atoms with van der Waals surface area (Å²) in [5.74, 6) is 0. The highest BCUT2D eigenvalue weighted by atomic mass is 32.2. The first-order chi connectivity index (χ1) is 13.0. The predicted molar refractivity (Wildman–Crippen MR) is 103 cm³/mol. The molecule has 0 aromatic heterocycles. The highest BCUT2D eigenvalue weighted by Gasteiger charge is 2.24. The molecule has 27 heavy (non-hydrogen) atoms. The van der Waals surface area contributed by atoms with Crippen LogP contribution < -0.4 is 4.72 Å². The molecule has 6 nitrogen and oxygen atoms in total. The van der Waals surface area contributed by atoms with Crippen molar-refractivity contribution in [2.75, 3.05) is 32.8 Å². The molecule has 0 spiro atoms. The Morgan fingerprint density at radius 1 is 1.19 bits per heavy atom. The van der Waals surface area contributed by atoms with Gasteiger partial charge in [-0.15, -0.1) is 0 Å². The Morgan fingerprint density at radius 3 is 2.56 bits per heavy atom. The number of hydrogen-bond acceptors (Lipinski definition) is 5. The number of ether oxygens (including phenoxy) is 1. The molecule has 2 aromatic carbocycles. The molecule has 2 aromatic rings. The van der Waals surface area contributed by atoms with E-state index < -0.39 is 10.0 Å². The third-order valence-corrected chi connectivity index (χ3v) is 6.06. The zero-order chi connectivity index (χ0) is 19.3. The second-order valence-electron chi connectivity index (χ2n) is 6.64. The fourth-order valence-corrected chi connectivity index (χ4v) is 4.30. The maximum Gasteiger partial charge on any atom is 0.241 e. The van der Waals surface area contributed by atoms with E-state index in [1.165, 1.54) is 12.1 Å². The summed E-state index contributed by atoms with van der Waals surface area (Å²) in [5, 5.41) is 9.05. The van der Waals surface area contributed by atoms with E-state index in [-0.39, 0.29) is 10.9 Å². The van der Waals surface area contributed by atoms with Gasteiger partial charge in [0, 0.05) is 19.6 Å². The van der Waals surface area contributed by atoms with Crippen molar-refractivity contribution in [3.05, 3.63) is 65.2 Å². The zero-order valence-electron chi connectivity index (χ0n) is 15.3. The van der Waals surface area contributed by atoms with Crippen LogP contribution in [0.1, 0.15) is 22.7 Å². The van der Waals surface area contributed by atoms with Crippen LogP contribution in [0.3, 0.4) is 0 Å². The third-order valence-electron chi connectivity index (χ3n) is 4.60. The van der Waals surface area contributed by atoms with Gasteiger partial charge in [0.1, 0.15) is 0 Å². The van der Waals surface area contributed by atoms with Gasteiger partial charge < -0.3 is 4.74 Å². The number of nitrogens with one attached hydrogen (secondary N) is 1. The van der Waals surface area contributed by atoms with Crippen molar-refractivity contribution in [3.8, 4) is 6.07 Å². The summed E-state index contributed by atoms with van der Waals surface area (Å²) in [4.78, 5) is 2.29. The molecule has 1 unspecified atom stereocenters. The van der Waals surface area contributed by atoms with E-state index in [1.54, 1.807) is 12.1 Å². The molecule has 0 aliphatic carbocycles. The van der Waals surface area contributed by atoms with Crippen LogP contribution in [-0.2, 0) is 14.8 Å². The van der Waals surface area contributed by atoms with E-state index in [0.29, 0.717) is 25.3 Å². The van der Waals surface area contributed by atoms with Crippen molar-refractivity contribution >= 4 is 10.0 Å². The summed E-state index contributed by atoms with van der Waals surface area (Å²) in [6, 6.07) is 15.5. The minimum absolute atomic E-state index is 0.0978. The van der Waals surface area contributed by atoms with E-state index in [0.717, 1.165) is 24.2 Å². The van der Waals surface area contributed by atoms with Gasteiger partial charge in [0.2, 0.25) is 10.0 Å². The molecule has 142 valence electrons. The zero-order valence-corrected chi connectivity index (χ0v) is 16.1. The molecule has 0 radical (unpaired) electrons. The lowest BCUT2D eigenvalue weighted by Gasteiger charge is -2.31. The number of nitrogens with zero attached hydrogens (tertiary/aromatic N) is 2. The van der Waals surface area contributed by atoms with Gasteiger partial charge in [0.25, 0.3) is 0 Å². The fraction of sp³-hybridized carbons (Fsp3) is 0.350. The first-order valence-electron chi connectivity index (χ1n) is 8.87. The topological polar surface area (TPSA) is 82.4 Å². The smallest absolute Gasteiger partial charge is 0.241 e. The largest absolute Gasteiger partial charge is 0.379 e. The predicted octanol–water partition coefficient (Wildman–Crippen LogP) is 2.22. The van der Waals surface area contributed by atoms with Gasteiger partial charge in [-0.3, -0.25) is 4.90 Å². The monoisotopic (exact) mass is 385 g/mol. The van der Waals surface area contributed by atoms with E-state index in [4.69, 9.17) is 10.00 Å². The Morgan fingerprint density at radius 2 is 1.89 bits per heavy atom. The van der Waals surface area contributed by atoms with Crippen molar-refractivity contribution in [3.63, 3.8) is 0 Å². The van der Waals surface area contributed by atoms with E-state index in [9.17, 15) is 8.42 Å². The highest BCUT2D eigenvalue weighted by molar-refractivity contribution is 7.89. The number of sulfonamides is 1. The van der Waals surface area contributed by atoms with Crippen molar-refractivity contribution in [2.24, 2.45) is 0 Å². The average Bonchev–Trinajstić information content (AvgIpc) is 2.69. The molecule has 0 saturated carbocycles. The van der Waals surface area contributed by atoms with E-state index in [1.807, 2.05) is 37.3 Å². The Bertz CT molecular complexity index is 914. The van der Waals surface area contributed by atoms with Crippen LogP contribution in [0.4, 0.5) is 0 Å². The Hall–Kier alpha value is -2.24. The Kier molecular flexibility index (Phi) is 6.24. The minimum Gasteiger partial charge on any atom is -0.379 e. The summed E-state index contributed by atoms with van der Waals surface area (Å²) < 4.78 is 34.1. The Balaban J connectivity index is 1.87. The average molecular weight is 385 g/mol. The quantitative estimate of drug-likeness (QED) is 0.824. The van der Waals surface area contributed by atoms with Crippen LogP contribution in [-0.4, -0.2) is 46.2 Å². The van der Waals surface area contributed by atoms with Crippen molar-refractivity contribution in [2.45, 2.75) is 17.9 Å². The summed E-state index contributed by atoms with van der Waals surface area (Å²) in [7, 11) is -3.76. The number of benzene rings is 2. The Labute approximate surface area is 160 Å². The van der Waals surface area contributed by atoms with Gasteiger partial charge in [0.15, 0.2) is 0 Å². The molecule has 1 saturated heterocycles. The summed E-state index contributed by atoms with van der Waals surface area (Å²) in [6.07, 6.45) is 0. The number of aryl methyl sites for hydroxylation is 1. The molecule has 0 bridgehead atoms. The van der Waals surface area contributed by atoms with Crippen LogP contribution in [0.5, 0.6) is 0 Å². The molecular weight excluding hydrogens is 362 g/mol. The van der Waals surface area contributed by atoms with Gasteiger partial charge in [-0.25, -0.2) is 13.1 Å². The summed E-state index contributed by atoms with van der Waals surface area (Å²) in [5.41, 5.74) is 2.35. The molecule has 1 heterocycles. The van der Waals surface area contributed by atoms with E-state index in [2.05, 4.69) is 9.62 Å². The minimum atomic E-state index is -3.76. The van der Waals surface area contributed by atoms with Crippen LogP contribution in [0, 0.1) is 18.3 Å². The van der Waals surface area contributed by atoms with Gasteiger partial charge in [0.05, 0.1) is 35.8 Å². The van der Waals surface area contributed by atoms with Crippen molar-refractivity contribution in [1.82, 2.24) is 9.62 Å². The second-order valence-corrected chi connectivity index (χ2v) is 8.35. The lowest BCUT2D eigenvalue weighted by molar-refractivity contribution is 0.0345. The number of hydrogen-bond donors (Lipinski definition) is 1. The summed E-state index contributed by atoms with van der Waals surface area (Å²) in [6.45, 7) is 5.40. The van der Waals surface area contributed by atoms with Gasteiger partial charge in [-0.05, 0) is 30.7 Å². The fourth-order valence-electron chi connectivity index (χ4n) is 3.04. The standard InChI is InChI=1S/C20H23N3O3S/c1-16-5-7-18(8-6-16)20(15-23-9-11-26-12-10-23)22-27(24,25)19-4-2-3-17(13-19)14-21/h2-8,13,20,22H,9-12,15H2,1H3. The number of morpholine rings is 1. The van der Waals surface area contributed by atoms with Crippen LogP contribution in [0.25, 0.3) is 0 Å². The van der Waals surface area contributed by atoms with Crippen molar-refractivity contribution in [1.29, 1.82) is 5.26 Å². The van der Waals surface area contributed by atoms with Gasteiger partial charge in [-0.2, -0.15) is 5.26 Å². The molecule has 0 amide bonds. The molecular formula is C20H23N3O3S. The van der Waals surface area contributed by atoms with Crippen LogP contribution in [0.2, 0.25) is 0 Å². The van der Waals surface area contributed by atoms with Gasteiger partial charge >= 0.3 is 0 Å². The molecule has 1 fully saturated rings. The molecule has 3 rings (SSSR count). The second kappa shape index (κ2) is 8.63. The maximum atomic E-state index is 12.9. The molecule has 1 aliphatic heterocycles.